The van der Waals surface area contributed by atoms with E-state index in [1.54, 1.807) is 47.0 Å². The minimum Gasteiger partial charge on any atom is -0.234 e. The summed E-state index contributed by atoms with van der Waals surface area (Å²) < 4.78 is 5.23. The van der Waals surface area contributed by atoms with Gasteiger partial charge in [-0.15, -0.1) is 34.9 Å². The van der Waals surface area contributed by atoms with Crippen LogP contribution in [0.5, 0.6) is 0 Å². The van der Waals surface area contributed by atoms with Crippen LogP contribution in [0.4, 0.5) is 0 Å². The zero-order valence-electron chi connectivity index (χ0n) is 13.3. The molecular weight excluding hydrogens is 407 g/mol. The largest absolute Gasteiger partial charge is 0.234 e. The second kappa shape index (κ2) is 8.39. The van der Waals surface area contributed by atoms with E-state index in [4.69, 9.17) is 0 Å². The van der Waals surface area contributed by atoms with Crippen LogP contribution in [0.2, 0.25) is 0 Å². The van der Waals surface area contributed by atoms with Gasteiger partial charge in [0.15, 0.2) is 5.57 Å². The maximum Gasteiger partial charge on any atom is 0.165 e. The molecule has 0 aliphatic carbocycles. The lowest BCUT2D eigenvalue weighted by Crippen LogP contribution is -2.01. The standard InChI is InChI=1S/C17H11N3S5/c1-21-16-17(22-2)25-15(24-16)13-12(10-6-4-3-5-7-10)20-14(23-13)11(8-18)9-19/h3-7H,1-2H3. The van der Waals surface area contributed by atoms with Crippen LogP contribution in [0.1, 0.15) is 0 Å². The molecule has 1 aliphatic rings. The Bertz CT molecular complexity index is 1000. The third kappa shape index (κ3) is 3.79. The highest BCUT2D eigenvalue weighted by Crippen LogP contribution is 2.56. The van der Waals surface area contributed by atoms with Crippen molar-refractivity contribution in [1.82, 2.24) is 4.98 Å². The average molecular weight is 418 g/mol. The van der Waals surface area contributed by atoms with E-state index >= 15 is 0 Å². The number of nitrogens with zero attached hydrogens (tertiary/aromatic N) is 3. The minimum absolute atomic E-state index is 0.0603. The summed E-state index contributed by atoms with van der Waals surface area (Å²) in [5.74, 6) is 0. The highest BCUT2D eigenvalue weighted by molar-refractivity contribution is 8.45. The molecule has 3 rings (SSSR count). The normalized spacial score (nSPS) is 13.7. The van der Waals surface area contributed by atoms with E-state index in [1.165, 1.54) is 19.8 Å². The molecule has 1 aromatic carbocycles. The second-order valence-corrected chi connectivity index (χ2v) is 10.1. The Balaban J connectivity index is 2.28. The van der Waals surface area contributed by atoms with Crippen LogP contribution < -0.4 is 9.20 Å². The van der Waals surface area contributed by atoms with Gasteiger partial charge in [0.05, 0.1) is 22.9 Å². The molecule has 8 heteroatoms. The predicted molar refractivity (Wildman–Crippen MR) is 114 cm³/mol. The van der Waals surface area contributed by atoms with Gasteiger partial charge in [0, 0.05) is 5.56 Å². The second-order valence-electron chi connectivity index (χ2n) is 4.64. The molecule has 0 saturated carbocycles. The van der Waals surface area contributed by atoms with Crippen LogP contribution in [-0.4, -0.2) is 17.5 Å². The number of thioether (sulfide) groups is 4. The molecule has 0 bridgehead atoms. The molecule has 124 valence electrons. The minimum atomic E-state index is 0.0603. The van der Waals surface area contributed by atoms with E-state index in [-0.39, 0.29) is 5.57 Å². The van der Waals surface area contributed by atoms with Crippen molar-refractivity contribution in [3.63, 3.8) is 0 Å². The summed E-state index contributed by atoms with van der Waals surface area (Å²) in [5, 5.41) is 18.4. The summed E-state index contributed by atoms with van der Waals surface area (Å²) in [4.78, 5) is 4.63. The third-order valence-corrected chi connectivity index (χ3v) is 9.78. The SMILES string of the molecule is CSC1=C(SC)SC(=c2sc(=C(C#N)C#N)nc2-c2ccccc2)S1. The van der Waals surface area contributed by atoms with Crippen LogP contribution in [-0.2, 0) is 0 Å². The molecule has 0 N–H and O–H groups in total. The first-order chi connectivity index (χ1) is 12.2. The van der Waals surface area contributed by atoms with Crippen LogP contribution in [0.15, 0.2) is 38.8 Å². The molecule has 0 unspecified atom stereocenters. The van der Waals surface area contributed by atoms with Gasteiger partial charge >= 0.3 is 0 Å². The Labute approximate surface area is 166 Å². The van der Waals surface area contributed by atoms with Gasteiger partial charge in [0.25, 0.3) is 0 Å². The van der Waals surface area contributed by atoms with E-state index in [9.17, 15) is 10.5 Å². The number of hydrogen-bond donors (Lipinski definition) is 0. The van der Waals surface area contributed by atoms with E-state index in [0.29, 0.717) is 4.66 Å². The van der Waals surface area contributed by atoms with E-state index in [1.807, 2.05) is 42.5 Å². The van der Waals surface area contributed by atoms with Gasteiger partial charge in [0.1, 0.15) is 16.8 Å². The van der Waals surface area contributed by atoms with Crippen LogP contribution in [0, 0.1) is 22.7 Å². The van der Waals surface area contributed by atoms with E-state index < -0.39 is 0 Å². The van der Waals surface area contributed by atoms with Crippen molar-refractivity contribution >= 4 is 68.2 Å². The Morgan fingerprint density at radius 2 is 1.60 bits per heavy atom. The molecule has 2 aromatic rings. The lowest BCUT2D eigenvalue weighted by Gasteiger charge is -1.98. The first kappa shape index (κ1) is 18.5. The summed E-state index contributed by atoms with van der Waals surface area (Å²) >= 11 is 8.38. The molecular formula is C17H11N3S5. The lowest BCUT2D eigenvalue weighted by atomic mass is 10.2. The van der Waals surface area contributed by atoms with Crippen molar-refractivity contribution in [3.8, 4) is 23.4 Å². The summed E-state index contributed by atoms with van der Waals surface area (Å²) in [6.07, 6.45) is 4.16. The summed E-state index contributed by atoms with van der Waals surface area (Å²) in [6.45, 7) is 0. The van der Waals surface area contributed by atoms with E-state index in [0.717, 1.165) is 20.0 Å². The Morgan fingerprint density at radius 3 is 2.12 bits per heavy atom. The maximum absolute atomic E-state index is 9.20. The molecule has 2 heterocycles. The molecule has 0 spiro atoms. The van der Waals surface area contributed by atoms with Gasteiger partial charge in [-0.25, -0.2) is 4.98 Å². The molecule has 0 fully saturated rings. The van der Waals surface area contributed by atoms with Gasteiger partial charge in [-0.1, -0.05) is 53.9 Å². The number of benzene rings is 1. The van der Waals surface area contributed by atoms with Crippen molar-refractivity contribution in [2.24, 2.45) is 0 Å². The molecule has 3 nitrogen and oxygen atoms in total. The van der Waals surface area contributed by atoms with Gasteiger partial charge in [-0.3, -0.25) is 0 Å². The van der Waals surface area contributed by atoms with Crippen LogP contribution in [0.25, 0.3) is 21.1 Å². The van der Waals surface area contributed by atoms with Crippen LogP contribution in [0.3, 0.4) is 0 Å². The lowest BCUT2D eigenvalue weighted by molar-refractivity contribution is 1.33. The van der Waals surface area contributed by atoms with E-state index in [2.05, 4.69) is 17.5 Å². The van der Waals surface area contributed by atoms with Crippen molar-refractivity contribution in [1.29, 1.82) is 10.5 Å². The van der Waals surface area contributed by atoms with Gasteiger partial charge in [-0.2, -0.15) is 10.5 Å². The summed E-state index contributed by atoms with van der Waals surface area (Å²) in [6, 6.07) is 13.8. The molecule has 1 aliphatic heterocycles. The van der Waals surface area contributed by atoms with Crippen molar-refractivity contribution in [2.45, 2.75) is 0 Å². The zero-order valence-corrected chi connectivity index (χ0v) is 17.4. The van der Waals surface area contributed by atoms with Crippen molar-refractivity contribution < 1.29 is 0 Å². The molecule has 0 atom stereocenters. The highest BCUT2D eigenvalue weighted by atomic mass is 32.3. The third-order valence-electron chi connectivity index (χ3n) is 3.21. The summed E-state index contributed by atoms with van der Waals surface area (Å²) in [7, 11) is 0. The summed E-state index contributed by atoms with van der Waals surface area (Å²) in [5.41, 5.74) is 1.89. The fourth-order valence-corrected chi connectivity index (χ4v) is 8.33. The molecule has 0 radical (unpaired) electrons. The first-order valence-electron chi connectivity index (χ1n) is 7.00. The van der Waals surface area contributed by atoms with Crippen molar-refractivity contribution in [2.75, 3.05) is 12.5 Å². The Morgan fingerprint density at radius 1 is 1.00 bits per heavy atom. The van der Waals surface area contributed by atoms with Crippen LogP contribution >= 0.6 is 58.4 Å². The molecule has 25 heavy (non-hydrogen) atoms. The number of rotatable bonds is 3. The maximum atomic E-state index is 9.20. The highest BCUT2D eigenvalue weighted by Gasteiger charge is 2.23. The Hall–Kier alpha value is -1.29. The number of hydrogen-bond acceptors (Lipinski definition) is 8. The quantitative estimate of drug-likeness (QED) is 0.733. The van der Waals surface area contributed by atoms with Gasteiger partial charge in [0.2, 0.25) is 0 Å². The van der Waals surface area contributed by atoms with Gasteiger partial charge in [-0.05, 0) is 12.5 Å². The monoisotopic (exact) mass is 417 g/mol. The molecule has 0 saturated heterocycles. The van der Waals surface area contributed by atoms with Gasteiger partial charge < -0.3 is 0 Å². The smallest absolute Gasteiger partial charge is 0.165 e. The Kier molecular flexibility index (Phi) is 6.21. The zero-order chi connectivity index (χ0) is 17.8. The topological polar surface area (TPSA) is 60.5 Å². The molecule has 0 amide bonds. The average Bonchev–Trinajstić information content (AvgIpc) is 3.27. The molecule has 1 aromatic heterocycles. The fourth-order valence-electron chi connectivity index (χ4n) is 2.09. The number of thiazole rings is 1. The number of nitriles is 2. The first-order valence-corrected chi connectivity index (χ1v) is 11.9. The predicted octanol–water partition coefficient (Wildman–Crippen LogP) is 4.41. The fraction of sp³-hybridized carbons (Fsp3) is 0.118. The van der Waals surface area contributed by atoms with Crippen molar-refractivity contribution in [3.05, 3.63) is 48.0 Å². The number of aromatic nitrogens is 1.